The Morgan fingerprint density at radius 2 is 2.09 bits per heavy atom. The first-order valence-corrected chi connectivity index (χ1v) is 8.11. The van der Waals surface area contributed by atoms with Crippen molar-refractivity contribution < 1.29 is 9.53 Å². The van der Waals surface area contributed by atoms with Crippen LogP contribution in [0.5, 0.6) is 0 Å². The van der Waals surface area contributed by atoms with Crippen LogP contribution in [-0.2, 0) is 4.74 Å². The highest BCUT2D eigenvalue weighted by molar-refractivity contribution is 5.94. The van der Waals surface area contributed by atoms with Crippen molar-refractivity contribution in [3.05, 3.63) is 53.7 Å². The molecule has 1 aliphatic heterocycles. The number of nitrogens with one attached hydrogen (secondary N) is 1. The van der Waals surface area contributed by atoms with E-state index in [2.05, 4.69) is 10.3 Å². The smallest absolute Gasteiger partial charge is 0.251 e. The Bertz CT molecular complexity index is 644. The summed E-state index contributed by atoms with van der Waals surface area (Å²) in [6.07, 6.45) is 3.94. The lowest BCUT2D eigenvalue weighted by atomic mass is 10.0. The highest BCUT2D eigenvalue weighted by Gasteiger charge is 2.15. The lowest BCUT2D eigenvalue weighted by Crippen LogP contribution is -2.26. The summed E-state index contributed by atoms with van der Waals surface area (Å²) in [5.74, 6) is 0.567. The minimum atomic E-state index is -0.0210. The fourth-order valence-corrected chi connectivity index (χ4v) is 2.73. The van der Waals surface area contributed by atoms with Gasteiger partial charge in [0.05, 0.1) is 5.69 Å². The molecular weight excluding hydrogens is 288 g/mol. The Kier molecular flexibility index (Phi) is 5.03. The van der Waals surface area contributed by atoms with E-state index in [0.717, 1.165) is 42.9 Å². The average molecular weight is 310 g/mol. The largest absolute Gasteiger partial charge is 0.381 e. The third-order valence-electron chi connectivity index (χ3n) is 4.22. The number of hydrogen-bond acceptors (Lipinski definition) is 3. The van der Waals surface area contributed by atoms with Crippen molar-refractivity contribution in [2.24, 2.45) is 5.92 Å². The molecule has 120 valence electrons. The number of carbonyl (C=O) groups is 1. The number of ether oxygens (including phenoxy) is 1. The fourth-order valence-electron chi connectivity index (χ4n) is 2.73. The molecule has 4 heteroatoms. The van der Waals surface area contributed by atoms with E-state index in [-0.39, 0.29) is 5.91 Å². The molecule has 0 bridgehead atoms. The molecule has 0 saturated carbocycles. The molecule has 0 aliphatic carbocycles. The van der Waals surface area contributed by atoms with Crippen molar-refractivity contribution >= 4 is 5.91 Å². The number of aromatic nitrogens is 1. The Balaban J connectivity index is 1.55. The molecule has 4 nitrogen and oxygen atoms in total. The van der Waals surface area contributed by atoms with Crippen molar-refractivity contribution in [3.8, 4) is 11.3 Å². The predicted octanol–water partition coefficient (Wildman–Crippen LogP) is 3.21. The third-order valence-corrected chi connectivity index (χ3v) is 4.22. The van der Waals surface area contributed by atoms with E-state index >= 15 is 0 Å². The molecular formula is C19H22N2O2. The maximum absolute atomic E-state index is 12.2. The molecule has 0 radical (unpaired) electrons. The van der Waals surface area contributed by atoms with Gasteiger partial charge in [-0.25, -0.2) is 0 Å². The molecule has 1 aromatic carbocycles. The monoisotopic (exact) mass is 310 g/mol. The van der Waals surface area contributed by atoms with E-state index in [0.29, 0.717) is 18.0 Å². The van der Waals surface area contributed by atoms with Gasteiger partial charge in [-0.05, 0) is 49.4 Å². The van der Waals surface area contributed by atoms with Gasteiger partial charge in [0.25, 0.3) is 5.91 Å². The summed E-state index contributed by atoms with van der Waals surface area (Å²) in [5.41, 5.74) is 3.76. The van der Waals surface area contributed by atoms with Crippen LogP contribution in [0.15, 0.2) is 42.6 Å². The first-order chi connectivity index (χ1) is 11.2. The SMILES string of the molecule is Cc1ccc(-c2ccc(C(=O)NCCC3CCOC3)cc2)nc1. The van der Waals surface area contributed by atoms with Gasteiger partial charge in [-0.2, -0.15) is 0 Å². The Hall–Kier alpha value is -2.20. The van der Waals surface area contributed by atoms with Crippen LogP contribution in [-0.4, -0.2) is 30.6 Å². The zero-order valence-corrected chi connectivity index (χ0v) is 13.4. The maximum Gasteiger partial charge on any atom is 0.251 e. The molecule has 1 N–H and O–H groups in total. The lowest BCUT2D eigenvalue weighted by molar-refractivity contribution is 0.0950. The van der Waals surface area contributed by atoms with Crippen LogP contribution in [0.25, 0.3) is 11.3 Å². The molecule has 1 amide bonds. The molecule has 1 unspecified atom stereocenters. The van der Waals surface area contributed by atoms with Crippen LogP contribution in [0, 0.1) is 12.8 Å². The molecule has 2 heterocycles. The maximum atomic E-state index is 12.2. The second-order valence-corrected chi connectivity index (χ2v) is 6.07. The normalized spacial score (nSPS) is 17.2. The minimum absolute atomic E-state index is 0.0210. The summed E-state index contributed by atoms with van der Waals surface area (Å²) in [6.45, 7) is 4.40. The van der Waals surface area contributed by atoms with Gasteiger partial charge in [0.15, 0.2) is 0 Å². The van der Waals surface area contributed by atoms with Gasteiger partial charge in [0.2, 0.25) is 0 Å². The number of carbonyl (C=O) groups excluding carboxylic acids is 1. The van der Waals surface area contributed by atoms with Gasteiger partial charge in [-0.1, -0.05) is 18.2 Å². The zero-order valence-electron chi connectivity index (χ0n) is 13.4. The van der Waals surface area contributed by atoms with Gasteiger partial charge in [0.1, 0.15) is 0 Å². The van der Waals surface area contributed by atoms with Gasteiger partial charge < -0.3 is 10.1 Å². The number of hydrogen-bond donors (Lipinski definition) is 1. The fraction of sp³-hybridized carbons (Fsp3) is 0.368. The molecule has 0 spiro atoms. The average Bonchev–Trinajstić information content (AvgIpc) is 3.09. The second kappa shape index (κ2) is 7.38. The Morgan fingerprint density at radius 3 is 2.74 bits per heavy atom. The molecule has 1 saturated heterocycles. The Labute approximate surface area is 136 Å². The summed E-state index contributed by atoms with van der Waals surface area (Å²) >= 11 is 0. The predicted molar refractivity (Wildman–Crippen MR) is 90.3 cm³/mol. The van der Waals surface area contributed by atoms with E-state index in [1.165, 1.54) is 0 Å². The molecule has 23 heavy (non-hydrogen) atoms. The van der Waals surface area contributed by atoms with Crippen LogP contribution in [0.1, 0.15) is 28.8 Å². The van der Waals surface area contributed by atoms with Gasteiger partial charge in [-0.15, -0.1) is 0 Å². The van der Waals surface area contributed by atoms with Crippen LogP contribution < -0.4 is 5.32 Å². The van der Waals surface area contributed by atoms with Gasteiger partial charge in [-0.3, -0.25) is 9.78 Å². The lowest BCUT2D eigenvalue weighted by Gasteiger charge is -2.09. The summed E-state index contributed by atoms with van der Waals surface area (Å²) in [4.78, 5) is 16.6. The topological polar surface area (TPSA) is 51.2 Å². The summed E-state index contributed by atoms with van der Waals surface area (Å²) in [5, 5.41) is 2.98. The van der Waals surface area contributed by atoms with Crippen molar-refractivity contribution in [1.82, 2.24) is 10.3 Å². The van der Waals surface area contributed by atoms with E-state index in [9.17, 15) is 4.79 Å². The minimum Gasteiger partial charge on any atom is -0.381 e. The van der Waals surface area contributed by atoms with Gasteiger partial charge in [0, 0.05) is 37.1 Å². The molecule has 1 atom stereocenters. The van der Waals surface area contributed by atoms with Crippen molar-refractivity contribution in [3.63, 3.8) is 0 Å². The zero-order chi connectivity index (χ0) is 16.1. The van der Waals surface area contributed by atoms with Crippen LogP contribution >= 0.6 is 0 Å². The van der Waals surface area contributed by atoms with E-state index in [4.69, 9.17) is 4.74 Å². The number of aryl methyl sites for hydroxylation is 1. The molecule has 1 aliphatic rings. The van der Waals surface area contributed by atoms with E-state index < -0.39 is 0 Å². The standard InChI is InChI=1S/C19H22N2O2/c1-14-2-7-18(21-12-14)16-3-5-17(6-4-16)19(22)20-10-8-15-9-11-23-13-15/h2-7,12,15H,8-11,13H2,1H3,(H,20,22). The van der Waals surface area contributed by atoms with Gasteiger partial charge >= 0.3 is 0 Å². The van der Waals surface area contributed by atoms with Crippen LogP contribution in [0.3, 0.4) is 0 Å². The second-order valence-electron chi connectivity index (χ2n) is 6.07. The van der Waals surface area contributed by atoms with Crippen molar-refractivity contribution in [2.75, 3.05) is 19.8 Å². The highest BCUT2D eigenvalue weighted by atomic mass is 16.5. The molecule has 1 aromatic heterocycles. The first-order valence-electron chi connectivity index (χ1n) is 8.11. The number of nitrogens with zero attached hydrogens (tertiary/aromatic N) is 1. The number of amides is 1. The number of benzene rings is 1. The molecule has 2 aromatic rings. The number of pyridine rings is 1. The Morgan fingerprint density at radius 1 is 1.26 bits per heavy atom. The first kappa shape index (κ1) is 15.7. The molecule has 3 rings (SSSR count). The van der Waals surface area contributed by atoms with Crippen LogP contribution in [0.4, 0.5) is 0 Å². The van der Waals surface area contributed by atoms with E-state index in [1.54, 1.807) is 0 Å². The highest BCUT2D eigenvalue weighted by Crippen LogP contribution is 2.18. The van der Waals surface area contributed by atoms with E-state index in [1.807, 2.05) is 49.5 Å². The summed E-state index contributed by atoms with van der Waals surface area (Å²) < 4.78 is 5.34. The summed E-state index contributed by atoms with van der Waals surface area (Å²) in [7, 11) is 0. The third kappa shape index (κ3) is 4.17. The van der Waals surface area contributed by atoms with Crippen molar-refractivity contribution in [1.29, 1.82) is 0 Å². The number of rotatable bonds is 5. The summed E-state index contributed by atoms with van der Waals surface area (Å²) in [6, 6.07) is 11.6. The quantitative estimate of drug-likeness (QED) is 0.922. The van der Waals surface area contributed by atoms with Crippen LogP contribution in [0.2, 0.25) is 0 Å². The molecule has 1 fully saturated rings. The van der Waals surface area contributed by atoms with Crippen molar-refractivity contribution in [2.45, 2.75) is 19.8 Å².